The summed E-state index contributed by atoms with van der Waals surface area (Å²) in [6.07, 6.45) is 2.20. The van der Waals surface area contributed by atoms with Crippen molar-refractivity contribution in [1.29, 1.82) is 0 Å². The Morgan fingerprint density at radius 2 is 1.29 bits per heavy atom. The van der Waals surface area contributed by atoms with Crippen molar-refractivity contribution in [3.63, 3.8) is 0 Å². The van der Waals surface area contributed by atoms with E-state index < -0.39 is 0 Å². The summed E-state index contributed by atoms with van der Waals surface area (Å²) in [4.78, 5) is 0. The molecule has 0 amide bonds. The largest absolute Gasteiger partial charge is 0.330 e. The van der Waals surface area contributed by atoms with Crippen molar-refractivity contribution in [3.05, 3.63) is 35.4 Å². The highest BCUT2D eigenvalue weighted by Gasteiger charge is 2.22. The molecule has 0 aromatic heterocycles. The summed E-state index contributed by atoms with van der Waals surface area (Å²) >= 11 is 0. The topological polar surface area (TPSA) is 26.0 Å². The molecule has 0 spiro atoms. The number of hydrogen-bond donors (Lipinski definition) is 1. The van der Waals surface area contributed by atoms with Crippen molar-refractivity contribution in [3.8, 4) is 0 Å². The maximum atomic E-state index is 5.67. The van der Waals surface area contributed by atoms with Crippen LogP contribution in [0.3, 0.4) is 0 Å². The van der Waals surface area contributed by atoms with E-state index in [1.54, 1.807) is 0 Å². The van der Waals surface area contributed by atoms with Crippen molar-refractivity contribution >= 4 is 0 Å². The van der Waals surface area contributed by atoms with E-state index in [9.17, 15) is 0 Å². The third kappa shape index (κ3) is 3.32. The van der Waals surface area contributed by atoms with Gasteiger partial charge in [-0.25, -0.2) is 0 Å². The number of hydrogen-bond acceptors (Lipinski definition) is 1. The Labute approximate surface area is 106 Å². The predicted molar refractivity (Wildman–Crippen MR) is 76.5 cm³/mol. The maximum Gasteiger partial charge on any atom is -0.00690 e. The van der Waals surface area contributed by atoms with E-state index in [1.807, 2.05) is 0 Å². The van der Waals surface area contributed by atoms with Gasteiger partial charge in [-0.3, -0.25) is 0 Å². The molecule has 17 heavy (non-hydrogen) atoms. The Morgan fingerprint density at radius 1 is 0.882 bits per heavy atom. The summed E-state index contributed by atoms with van der Waals surface area (Å²) in [5.74, 6) is 0. The summed E-state index contributed by atoms with van der Waals surface area (Å²) in [5, 5.41) is 0. The first kappa shape index (κ1) is 14.2. The van der Waals surface area contributed by atoms with E-state index in [-0.39, 0.29) is 10.8 Å². The van der Waals surface area contributed by atoms with E-state index in [0.29, 0.717) is 0 Å². The highest BCUT2D eigenvalue weighted by molar-refractivity contribution is 5.31. The molecule has 1 aromatic rings. The number of benzene rings is 1. The Balaban J connectivity index is 2.96. The molecular weight excluding hydrogens is 206 g/mol. The normalized spacial score (nSPS) is 12.8. The molecule has 0 aliphatic carbocycles. The van der Waals surface area contributed by atoms with Gasteiger partial charge in [0, 0.05) is 0 Å². The molecule has 0 saturated heterocycles. The second-order valence-corrected chi connectivity index (χ2v) is 6.24. The zero-order valence-corrected chi connectivity index (χ0v) is 12.0. The third-order valence-electron chi connectivity index (χ3n) is 4.10. The Kier molecular flexibility index (Phi) is 4.37. The second kappa shape index (κ2) is 5.22. The van der Waals surface area contributed by atoms with Crippen LogP contribution < -0.4 is 5.73 Å². The van der Waals surface area contributed by atoms with Crippen LogP contribution in [-0.2, 0) is 10.8 Å². The zero-order chi connectivity index (χ0) is 13.1. The second-order valence-electron chi connectivity index (χ2n) is 6.24. The average Bonchev–Trinajstić information content (AvgIpc) is 2.29. The molecule has 1 nitrogen and oxygen atoms in total. The predicted octanol–water partition coefficient (Wildman–Crippen LogP) is 4.00. The summed E-state index contributed by atoms with van der Waals surface area (Å²) in [5.41, 5.74) is 8.94. The van der Waals surface area contributed by atoms with Crippen LogP contribution in [0.25, 0.3) is 0 Å². The van der Waals surface area contributed by atoms with Crippen LogP contribution in [0, 0.1) is 0 Å². The molecule has 0 heterocycles. The molecule has 0 bridgehead atoms. The summed E-state index contributed by atoms with van der Waals surface area (Å²) < 4.78 is 0. The molecule has 1 rings (SSSR count). The van der Waals surface area contributed by atoms with Gasteiger partial charge >= 0.3 is 0 Å². The fraction of sp³-hybridized carbons (Fsp3) is 0.625. The van der Waals surface area contributed by atoms with Crippen LogP contribution in [0.2, 0.25) is 0 Å². The molecule has 0 atom stereocenters. The zero-order valence-electron chi connectivity index (χ0n) is 12.0. The SMILES string of the molecule is CCC(C)(C)c1ccc(C(C)(C)CCN)cc1. The van der Waals surface area contributed by atoms with Gasteiger partial charge in [0.25, 0.3) is 0 Å². The van der Waals surface area contributed by atoms with Crippen molar-refractivity contribution in [2.24, 2.45) is 5.73 Å². The van der Waals surface area contributed by atoms with Crippen LogP contribution in [-0.4, -0.2) is 6.54 Å². The van der Waals surface area contributed by atoms with Gasteiger partial charge in [0.1, 0.15) is 0 Å². The van der Waals surface area contributed by atoms with Crippen molar-refractivity contribution in [2.75, 3.05) is 6.54 Å². The van der Waals surface area contributed by atoms with Gasteiger partial charge in [-0.05, 0) is 41.3 Å². The quantitative estimate of drug-likeness (QED) is 0.817. The lowest BCUT2D eigenvalue weighted by molar-refractivity contribution is 0.483. The minimum absolute atomic E-state index is 0.184. The first-order valence-electron chi connectivity index (χ1n) is 6.64. The van der Waals surface area contributed by atoms with E-state index in [1.165, 1.54) is 17.5 Å². The van der Waals surface area contributed by atoms with E-state index in [4.69, 9.17) is 5.73 Å². The molecule has 0 radical (unpaired) electrons. The first-order chi connectivity index (χ1) is 7.83. The van der Waals surface area contributed by atoms with Gasteiger partial charge in [0.15, 0.2) is 0 Å². The molecule has 0 aliphatic heterocycles. The van der Waals surface area contributed by atoms with Crippen LogP contribution in [0.4, 0.5) is 0 Å². The molecule has 1 aromatic carbocycles. The molecule has 2 N–H and O–H groups in total. The lowest BCUT2D eigenvalue weighted by Crippen LogP contribution is -2.22. The van der Waals surface area contributed by atoms with Gasteiger partial charge in [0.2, 0.25) is 0 Å². The maximum absolute atomic E-state index is 5.67. The molecule has 0 fully saturated rings. The van der Waals surface area contributed by atoms with Crippen molar-refractivity contribution in [2.45, 2.75) is 58.3 Å². The minimum atomic E-state index is 0.184. The van der Waals surface area contributed by atoms with Crippen molar-refractivity contribution in [1.82, 2.24) is 0 Å². The van der Waals surface area contributed by atoms with Crippen molar-refractivity contribution < 1.29 is 0 Å². The Hall–Kier alpha value is -0.820. The smallest absolute Gasteiger partial charge is 0.00690 e. The monoisotopic (exact) mass is 233 g/mol. The molecule has 0 unspecified atom stereocenters. The lowest BCUT2D eigenvalue weighted by atomic mass is 9.78. The van der Waals surface area contributed by atoms with Crippen LogP contribution in [0.5, 0.6) is 0 Å². The van der Waals surface area contributed by atoms with E-state index >= 15 is 0 Å². The summed E-state index contributed by atoms with van der Waals surface area (Å²) in [6.45, 7) is 12.1. The van der Waals surface area contributed by atoms with Crippen LogP contribution in [0.15, 0.2) is 24.3 Å². The molecule has 0 aliphatic rings. The fourth-order valence-corrected chi connectivity index (χ4v) is 2.08. The standard InChI is InChI=1S/C16H27N/c1-6-15(2,3)13-7-9-14(10-8-13)16(4,5)11-12-17/h7-10H,6,11-12,17H2,1-5H3. The summed E-state index contributed by atoms with van der Waals surface area (Å²) in [6, 6.07) is 9.08. The fourth-order valence-electron chi connectivity index (χ4n) is 2.08. The van der Waals surface area contributed by atoms with Gasteiger partial charge in [-0.2, -0.15) is 0 Å². The molecule has 1 heteroatoms. The van der Waals surface area contributed by atoms with Gasteiger partial charge in [-0.1, -0.05) is 58.9 Å². The van der Waals surface area contributed by atoms with Gasteiger partial charge in [-0.15, -0.1) is 0 Å². The summed E-state index contributed by atoms with van der Waals surface area (Å²) in [7, 11) is 0. The van der Waals surface area contributed by atoms with E-state index in [0.717, 1.165) is 13.0 Å². The number of nitrogens with two attached hydrogens (primary N) is 1. The Morgan fingerprint density at radius 3 is 1.65 bits per heavy atom. The lowest BCUT2D eigenvalue weighted by Gasteiger charge is -2.27. The molecular formula is C16H27N. The van der Waals surface area contributed by atoms with Gasteiger partial charge in [0.05, 0.1) is 0 Å². The van der Waals surface area contributed by atoms with Gasteiger partial charge < -0.3 is 5.73 Å². The highest BCUT2D eigenvalue weighted by Crippen LogP contribution is 2.31. The van der Waals surface area contributed by atoms with Crippen LogP contribution >= 0.6 is 0 Å². The minimum Gasteiger partial charge on any atom is -0.330 e. The molecule has 0 saturated carbocycles. The van der Waals surface area contributed by atoms with Crippen LogP contribution in [0.1, 0.15) is 58.6 Å². The van der Waals surface area contributed by atoms with E-state index in [2.05, 4.69) is 58.9 Å². The number of rotatable bonds is 5. The highest BCUT2D eigenvalue weighted by atomic mass is 14.5. The third-order valence-corrected chi connectivity index (χ3v) is 4.10. The average molecular weight is 233 g/mol. The Bertz CT molecular complexity index is 346. The molecule has 96 valence electrons. The first-order valence-corrected chi connectivity index (χ1v) is 6.64.